The Hall–Kier alpha value is -1.70. The Balaban J connectivity index is 1.50. The number of rotatable bonds is 4. The van der Waals surface area contributed by atoms with E-state index < -0.39 is 10.0 Å². The Bertz CT molecular complexity index is 881. The highest BCUT2D eigenvalue weighted by atomic mass is 32.2. The normalized spacial score (nSPS) is 24.2. The number of hydrogen-bond donors (Lipinski definition) is 0. The van der Waals surface area contributed by atoms with Gasteiger partial charge in [0.2, 0.25) is 15.9 Å². The summed E-state index contributed by atoms with van der Waals surface area (Å²) in [6.45, 7) is 1.53. The molecular formula is C20H24N2O3S2. The lowest BCUT2D eigenvalue weighted by molar-refractivity contribution is -0.137. The van der Waals surface area contributed by atoms with Gasteiger partial charge in [-0.3, -0.25) is 4.79 Å². The van der Waals surface area contributed by atoms with Crippen LogP contribution in [-0.4, -0.2) is 43.2 Å². The lowest BCUT2D eigenvalue weighted by Crippen LogP contribution is -2.46. The van der Waals surface area contributed by atoms with Crippen LogP contribution in [0.2, 0.25) is 0 Å². The molecule has 0 bridgehead atoms. The van der Waals surface area contributed by atoms with E-state index in [-0.39, 0.29) is 24.4 Å². The van der Waals surface area contributed by atoms with Crippen LogP contribution in [-0.2, 0) is 14.8 Å². The zero-order valence-electron chi connectivity index (χ0n) is 15.2. The summed E-state index contributed by atoms with van der Waals surface area (Å²) in [5, 5.41) is 4.16. The lowest BCUT2D eigenvalue weighted by Gasteiger charge is -2.35. The van der Waals surface area contributed by atoms with Gasteiger partial charge in [-0.2, -0.15) is 15.6 Å². The molecule has 0 aliphatic carbocycles. The van der Waals surface area contributed by atoms with Crippen LogP contribution >= 0.6 is 11.3 Å². The van der Waals surface area contributed by atoms with E-state index >= 15 is 0 Å². The first kappa shape index (κ1) is 18.7. The van der Waals surface area contributed by atoms with E-state index in [4.69, 9.17) is 0 Å². The number of piperidine rings is 1. The van der Waals surface area contributed by atoms with Gasteiger partial charge in [0.1, 0.15) is 0 Å². The van der Waals surface area contributed by atoms with Gasteiger partial charge in [-0.15, -0.1) is 0 Å². The molecule has 5 nitrogen and oxygen atoms in total. The topological polar surface area (TPSA) is 57.7 Å². The van der Waals surface area contributed by atoms with Crippen molar-refractivity contribution in [2.45, 2.75) is 36.6 Å². The van der Waals surface area contributed by atoms with Crippen LogP contribution in [0.5, 0.6) is 0 Å². The zero-order valence-corrected chi connectivity index (χ0v) is 16.8. The van der Waals surface area contributed by atoms with Gasteiger partial charge in [0.05, 0.1) is 16.9 Å². The molecule has 3 heterocycles. The summed E-state index contributed by atoms with van der Waals surface area (Å²) in [5.74, 6) is -0.145. The maximum Gasteiger partial charge on any atom is 0.243 e. The fourth-order valence-electron chi connectivity index (χ4n) is 4.18. The molecule has 1 aromatic carbocycles. The average molecular weight is 405 g/mol. The Morgan fingerprint density at radius 2 is 1.81 bits per heavy atom. The molecule has 27 heavy (non-hydrogen) atoms. The van der Waals surface area contributed by atoms with E-state index in [1.54, 1.807) is 41.7 Å². The van der Waals surface area contributed by atoms with Crippen LogP contribution in [0.3, 0.4) is 0 Å². The minimum atomic E-state index is -3.54. The van der Waals surface area contributed by atoms with Gasteiger partial charge in [0.25, 0.3) is 0 Å². The number of nitrogens with zero attached hydrogens (tertiary/aromatic N) is 2. The monoisotopic (exact) mass is 404 g/mol. The van der Waals surface area contributed by atoms with Gasteiger partial charge in [-0.25, -0.2) is 8.42 Å². The summed E-state index contributed by atoms with van der Waals surface area (Å²) in [7, 11) is -3.54. The Morgan fingerprint density at radius 3 is 2.56 bits per heavy atom. The Morgan fingerprint density at radius 1 is 1.04 bits per heavy atom. The molecule has 4 rings (SSSR count). The standard InChI is InChI=1S/C20H24N2O3S2/c23-20(22-12-5-9-19(22)17-10-13-26-15-17)16-6-4-11-21(14-16)27(24,25)18-7-2-1-3-8-18/h1-3,7-8,10,13,15-16,19H,4-6,9,11-12,14H2. The molecule has 0 spiro atoms. The number of carbonyl (C=O) groups is 1. The smallest absolute Gasteiger partial charge is 0.243 e. The molecule has 7 heteroatoms. The number of carbonyl (C=O) groups excluding carboxylic acids is 1. The summed E-state index contributed by atoms with van der Waals surface area (Å²) < 4.78 is 27.4. The van der Waals surface area contributed by atoms with Gasteiger partial charge in [-0.05, 0) is 60.2 Å². The highest BCUT2D eigenvalue weighted by Crippen LogP contribution is 2.35. The molecule has 2 unspecified atom stereocenters. The molecule has 2 atom stereocenters. The van der Waals surface area contributed by atoms with Gasteiger partial charge in [-0.1, -0.05) is 18.2 Å². The maximum absolute atomic E-state index is 13.2. The summed E-state index contributed by atoms with van der Waals surface area (Å²) in [6, 6.07) is 10.7. The molecule has 2 saturated heterocycles. The predicted octanol–water partition coefficient (Wildman–Crippen LogP) is 3.51. The fourth-order valence-corrected chi connectivity index (χ4v) is 6.43. The van der Waals surface area contributed by atoms with Crippen molar-refractivity contribution in [2.24, 2.45) is 5.92 Å². The zero-order chi connectivity index (χ0) is 18.9. The maximum atomic E-state index is 13.2. The van der Waals surface area contributed by atoms with Crippen molar-refractivity contribution in [1.29, 1.82) is 0 Å². The Labute approximate surface area is 164 Å². The van der Waals surface area contributed by atoms with E-state index in [1.165, 1.54) is 9.87 Å². The van der Waals surface area contributed by atoms with Crippen LogP contribution in [0.1, 0.15) is 37.3 Å². The highest BCUT2D eigenvalue weighted by molar-refractivity contribution is 7.89. The fraction of sp³-hybridized carbons (Fsp3) is 0.450. The molecule has 2 fully saturated rings. The third-order valence-electron chi connectivity index (χ3n) is 5.58. The van der Waals surface area contributed by atoms with Crippen LogP contribution in [0.4, 0.5) is 0 Å². The van der Waals surface area contributed by atoms with E-state index in [1.807, 2.05) is 10.3 Å². The number of hydrogen-bond acceptors (Lipinski definition) is 4. The number of benzene rings is 1. The second-order valence-electron chi connectivity index (χ2n) is 7.26. The molecule has 2 aliphatic rings. The summed E-state index contributed by atoms with van der Waals surface area (Å²) in [6.07, 6.45) is 3.47. The van der Waals surface area contributed by atoms with E-state index in [2.05, 4.69) is 11.4 Å². The molecule has 0 saturated carbocycles. The van der Waals surface area contributed by atoms with Gasteiger partial charge in [0.15, 0.2) is 0 Å². The molecule has 1 amide bonds. The first-order valence-electron chi connectivity index (χ1n) is 9.45. The third-order valence-corrected chi connectivity index (χ3v) is 8.16. The van der Waals surface area contributed by atoms with Gasteiger partial charge in [0, 0.05) is 19.6 Å². The van der Waals surface area contributed by atoms with E-state index in [0.29, 0.717) is 11.4 Å². The molecule has 144 valence electrons. The summed E-state index contributed by atoms with van der Waals surface area (Å²) in [4.78, 5) is 15.5. The highest BCUT2D eigenvalue weighted by Gasteiger charge is 2.38. The van der Waals surface area contributed by atoms with Crippen LogP contribution in [0, 0.1) is 5.92 Å². The van der Waals surface area contributed by atoms with E-state index in [0.717, 1.165) is 32.2 Å². The van der Waals surface area contributed by atoms with Crippen molar-refractivity contribution >= 4 is 27.3 Å². The van der Waals surface area contributed by atoms with Crippen molar-refractivity contribution in [3.05, 3.63) is 52.7 Å². The summed E-state index contributed by atoms with van der Waals surface area (Å²) in [5.41, 5.74) is 1.20. The number of likely N-dealkylation sites (tertiary alicyclic amines) is 1. The van der Waals surface area contributed by atoms with E-state index in [9.17, 15) is 13.2 Å². The number of sulfonamides is 1. The second kappa shape index (κ2) is 7.73. The molecule has 2 aliphatic heterocycles. The molecule has 2 aromatic rings. The van der Waals surface area contributed by atoms with Gasteiger partial charge < -0.3 is 4.90 Å². The first-order chi connectivity index (χ1) is 13.1. The SMILES string of the molecule is O=C(C1CCCN(S(=O)(=O)c2ccccc2)C1)N1CCCC1c1ccsc1. The van der Waals surface area contributed by atoms with Crippen molar-refractivity contribution in [1.82, 2.24) is 9.21 Å². The average Bonchev–Trinajstić information content (AvgIpc) is 3.39. The molecule has 1 aromatic heterocycles. The molecule has 0 radical (unpaired) electrons. The lowest BCUT2D eigenvalue weighted by atomic mass is 9.97. The summed E-state index contributed by atoms with van der Waals surface area (Å²) >= 11 is 1.65. The van der Waals surface area contributed by atoms with Crippen molar-refractivity contribution in [3.8, 4) is 0 Å². The van der Waals surface area contributed by atoms with Crippen LogP contribution in [0.15, 0.2) is 52.1 Å². The van der Waals surface area contributed by atoms with Crippen LogP contribution in [0.25, 0.3) is 0 Å². The first-order valence-corrected chi connectivity index (χ1v) is 11.8. The predicted molar refractivity (Wildman–Crippen MR) is 106 cm³/mol. The quantitative estimate of drug-likeness (QED) is 0.784. The van der Waals surface area contributed by atoms with Crippen molar-refractivity contribution in [3.63, 3.8) is 0 Å². The molecule has 0 N–H and O–H groups in total. The number of amides is 1. The molecular weight excluding hydrogens is 380 g/mol. The third kappa shape index (κ3) is 3.68. The minimum absolute atomic E-state index is 0.108. The van der Waals surface area contributed by atoms with Crippen LogP contribution < -0.4 is 0 Å². The minimum Gasteiger partial charge on any atom is -0.335 e. The van der Waals surface area contributed by atoms with Crippen molar-refractivity contribution in [2.75, 3.05) is 19.6 Å². The number of thiophene rings is 1. The van der Waals surface area contributed by atoms with Crippen molar-refractivity contribution < 1.29 is 13.2 Å². The second-order valence-corrected chi connectivity index (χ2v) is 9.98. The van der Waals surface area contributed by atoms with Gasteiger partial charge >= 0.3 is 0 Å². The largest absolute Gasteiger partial charge is 0.335 e. The Kier molecular flexibility index (Phi) is 5.34.